The van der Waals surface area contributed by atoms with E-state index in [1.807, 2.05) is 0 Å². The fourth-order valence-electron chi connectivity index (χ4n) is 3.68. The topological polar surface area (TPSA) is 124 Å². The number of fused-ring (bicyclic) bond motifs is 1. The predicted octanol–water partition coefficient (Wildman–Crippen LogP) is 4.32. The summed E-state index contributed by atoms with van der Waals surface area (Å²) in [7, 11) is 3.28. The molecule has 4 rings (SSSR count). The zero-order chi connectivity index (χ0) is 28.6. The van der Waals surface area contributed by atoms with Crippen LogP contribution in [-0.2, 0) is 0 Å². The lowest BCUT2D eigenvalue weighted by Gasteiger charge is -2.15. The number of aliphatic hydroxyl groups excluding tert-OH is 1. The molecule has 0 aliphatic rings. The van der Waals surface area contributed by atoms with Crippen molar-refractivity contribution < 1.29 is 37.6 Å². The second-order valence-corrected chi connectivity index (χ2v) is 8.64. The Balaban J connectivity index is 1.57. The maximum atomic E-state index is 15.1. The number of carbonyl (C=O) groups is 1. The molecule has 0 aliphatic heterocycles. The van der Waals surface area contributed by atoms with Gasteiger partial charge in [0.05, 0.1) is 24.3 Å². The number of hydrogen-bond acceptors (Lipinski definition) is 9. The molecule has 0 spiro atoms. The summed E-state index contributed by atoms with van der Waals surface area (Å²) in [6, 6.07) is 8.04. The molecule has 40 heavy (non-hydrogen) atoms. The molecule has 0 saturated heterocycles. The SMILES string of the molecule is CNCCOc1cc2nccc(Oc3c(F)cc(NC(=O)c4cnccc4OC[C@H](C)O)cc3F)c2cc1OC. The van der Waals surface area contributed by atoms with Crippen molar-refractivity contribution in [3.8, 4) is 28.7 Å². The number of ether oxygens (including phenoxy) is 4. The van der Waals surface area contributed by atoms with E-state index in [2.05, 4.69) is 20.6 Å². The number of aromatic nitrogens is 2. The normalized spacial score (nSPS) is 11.7. The fraction of sp³-hybridized carbons (Fsp3) is 0.250. The predicted molar refractivity (Wildman–Crippen MR) is 144 cm³/mol. The molecule has 0 fully saturated rings. The molecular formula is C28H28F2N4O6. The van der Waals surface area contributed by atoms with Gasteiger partial charge in [-0.05, 0) is 32.2 Å². The second kappa shape index (κ2) is 13.0. The molecule has 2 aromatic heterocycles. The van der Waals surface area contributed by atoms with Crippen LogP contribution in [0.25, 0.3) is 10.9 Å². The molecule has 12 heteroatoms. The smallest absolute Gasteiger partial charge is 0.261 e. The summed E-state index contributed by atoms with van der Waals surface area (Å²) in [5, 5.41) is 15.3. The molecule has 0 aliphatic carbocycles. The first-order chi connectivity index (χ1) is 19.3. The Morgan fingerprint density at radius 3 is 2.48 bits per heavy atom. The molecule has 0 bridgehead atoms. The number of anilines is 1. The highest BCUT2D eigenvalue weighted by molar-refractivity contribution is 6.06. The minimum atomic E-state index is -1.05. The van der Waals surface area contributed by atoms with Crippen LogP contribution in [0.1, 0.15) is 17.3 Å². The average molecular weight is 555 g/mol. The van der Waals surface area contributed by atoms with Gasteiger partial charge in [-0.25, -0.2) is 8.78 Å². The van der Waals surface area contributed by atoms with Gasteiger partial charge in [0.15, 0.2) is 28.9 Å². The fourth-order valence-corrected chi connectivity index (χ4v) is 3.68. The van der Waals surface area contributed by atoms with Crippen molar-refractivity contribution in [2.45, 2.75) is 13.0 Å². The van der Waals surface area contributed by atoms with E-state index in [1.54, 1.807) is 19.2 Å². The maximum Gasteiger partial charge on any atom is 0.261 e. The van der Waals surface area contributed by atoms with Gasteiger partial charge in [-0.1, -0.05) is 0 Å². The molecule has 3 N–H and O–H groups in total. The molecule has 0 unspecified atom stereocenters. The van der Waals surface area contributed by atoms with Crippen LogP contribution in [0, 0.1) is 11.6 Å². The lowest BCUT2D eigenvalue weighted by atomic mass is 10.1. The van der Waals surface area contributed by atoms with Crippen molar-refractivity contribution in [1.82, 2.24) is 15.3 Å². The molecule has 210 valence electrons. The quantitative estimate of drug-likeness (QED) is 0.220. The number of rotatable bonds is 12. The number of nitrogens with zero attached hydrogens (tertiary/aromatic N) is 2. The number of nitrogens with one attached hydrogen (secondary N) is 2. The van der Waals surface area contributed by atoms with Crippen LogP contribution in [0.4, 0.5) is 14.5 Å². The highest BCUT2D eigenvalue weighted by Crippen LogP contribution is 2.38. The van der Waals surface area contributed by atoms with Crippen molar-refractivity contribution in [1.29, 1.82) is 0 Å². The van der Waals surface area contributed by atoms with E-state index in [9.17, 15) is 9.90 Å². The van der Waals surface area contributed by atoms with Crippen LogP contribution >= 0.6 is 0 Å². The summed E-state index contributed by atoms with van der Waals surface area (Å²) < 4.78 is 52.4. The number of pyridine rings is 2. The standard InChI is InChI=1S/C28H28F2N4O6/c1-16(35)15-39-23-4-6-32-14-19(23)28(36)34-17-10-20(29)27(21(30)11-17)40-24-5-7-33-22-13-26(38-9-8-31-2)25(37-3)12-18(22)24/h4-7,10-14,16,31,35H,8-9,15H2,1-3H3,(H,34,36)/t16-/m0/s1. The van der Waals surface area contributed by atoms with Gasteiger partial charge in [0.1, 0.15) is 24.7 Å². The number of aliphatic hydroxyl groups is 1. The van der Waals surface area contributed by atoms with E-state index in [1.165, 1.54) is 44.8 Å². The van der Waals surface area contributed by atoms with Crippen LogP contribution in [0.3, 0.4) is 0 Å². The van der Waals surface area contributed by atoms with Gasteiger partial charge >= 0.3 is 0 Å². The number of hydrogen-bond donors (Lipinski definition) is 3. The van der Waals surface area contributed by atoms with Gasteiger partial charge in [0, 0.05) is 54.4 Å². The van der Waals surface area contributed by atoms with Gasteiger partial charge < -0.3 is 34.7 Å². The van der Waals surface area contributed by atoms with Crippen LogP contribution in [-0.4, -0.2) is 61.0 Å². The largest absolute Gasteiger partial charge is 0.493 e. The van der Waals surface area contributed by atoms with Gasteiger partial charge in [-0.2, -0.15) is 0 Å². The summed E-state index contributed by atoms with van der Waals surface area (Å²) in [6.07, 6.45) is 3.33. The van der Waals surface area contributed by atoms with E-state index < -0.39 is 29.4 Å². The Bertz CT molecular complexity index is 1480. The highest BCUT2D eigenvalue weighted by atomic mass is 19.1. The molecule has 1 atom stereocenters. The van der Waals surface area contributed by atoms with Crippen molar-refractivity contribution >= 4 is 22.5 Å². The van der Waals surface area contributed by atoms with Crippen LogP contribution in [0.5, 0.6) is 28.7 Å². The third-order valence-electron chi connectivity index (χ3n) is 5.57. The summed E-state index contributed by atoms with van der Waals surface area (Å²) in [5.74, 6) is -2.32. The first-order valence-electron chi connectivity index (χ1n) is 12.3. The van der Waals surface area contributed by atoms with Crippen molar-refractivity contribution in [2.24, 2.45) is 0 Å². The van der Waals surface area contributed by atoms with Crippen molar-refractivity contribution in [3.05, 3.63) is 72.2 Å². The van der Waals surface area contributed by atoms with E-state index in [-0.39, 0.29) is 29.4 Å². The number of methoxy groups -OCH3 is 1. The van der Waals surface area contributed by atoms with E-state index in [4.69, 9.17) is 18.9 Å². The molecule has 2 heterocycles. The van der Waals surface area contributed by atoms with Crippen LogP contribution < -0.4 is 29.6 Å². The minimum absolute atomic E-state index is 0.0239. The van der Waals surface area contributed by atoms with Gasteiger partial charge in [-0.15, -0.1) is 0 Å². The van der Waals surface area contributed by atoms with Crippen LogP contribution in [0.15, 0.2) is 55.0 Å². The average Bonchev–Trinajstić information content (AvgIpc) is 2.93. The van der Waals surface area contributed by atoms with Gasteiger partial charge in [0.2, 0.25) is 0 Å². The van der Waals surface area contributed by atoms with Gasteiger partial charge in [-0.3, -0.25) is 14.8 Å². The Labute approximate surface area is 228 Å². The first kappa shape index (κ1) is 28.5. The summed E-state index contributed by atoms with van der Waals surface area (Å²) >= 11 is 0. The Morgan fingerprint density at radius 2 is 1.77 bits per heavy atom. The highest BCUT2D eigenvalue weighted by Gasteiger charge is 2.20. The van der Waals surface area contributed by atoms with Crippen molar-refractivity contribution in [3.63, 3.8) is 0 Å². The van der Waals surface area contributed by atoms with E-state index in [0.29, 0.717) is 35.6 Å². The lowest BCUT2D eigenvalue weighted by Crippen LogP contribution is -2.17. The lowest BCUT2D eigenvalue weighted by molar-refractivity contribution is 0.100. The number of amides is 1. The molecule has 4 aromatic rings. The van der Waals surface area contributed by atoms with E-state index >= 15 is 8.78 Å². The molecule has 0 radical (unpaired) electrons. The summed E-state index contributed by atoms with van der Waals surface area (Å²) in [4.78, 5) is 21.0. The van der Waals surface area contributed by atoms with Crippen molar-refractivity contribution in [2.75, 3.05) is 39.2 Å². The first-order valence-corrected chi connectivity index (χ1v) is 12.3. The van der Waals surface area contributed by atoms with E-state index in [0.717, 1.165) is 12.1 Å². The molecular weight excluding hydrogens is 526 g/mol. The molecule has 10 nitrogen and oxygen atoms in total. The summed E-state index contributed by atoms with van der Waals surface area (Å²) in [6.45, 7) is 2.48. The second-order valence-electron chi connectivity index (χ2n) is 8.64. The number of carbonyl (C=O) groups excluding carboxylic acids is 1. The third-order valence-corrected chi connectivity index (χ3v) is 5.57. The monoisotopic (exact) mass is 554 g/mol. The Kier molecular flexibility index (Phi) is 9.25. The number of likely N-dealkylation sites (N-methyl/N-ethyl adjacent to an activating group) is 1. The zero-order valence-electron chi connectivity index (χ0n) is 22.0. The third kappa shape index (κ3) is 6.71. The Morgan fingerprint density at radius 1 is 1.02 bits per heavy atom. The minimum Gasteiger partial charge on any atom is -0.493 e. The number of halogens is 2. The molecule has 1 amide bonds. The molecule has 2 aromatic carbocycles. The maximum absolute atomic E-state index is 15.1. The zero-order valence-corrected chi connectivity index (χ0v) is 22.0. The number of benzene rings is 2. The summed E-state index contributed by atoms with van der Waals surface area (Å²) in [5.41, 5.74) is 0.339. The van der Waals surface area contributed by atoms with Gasteiger partial charge in [0.25, 0.3) is 5.91 Å². The van der Waals surface area contributed by atoms with Crippen LogP contribution in [0.2, 0.25) is 0 Å². The Hall–Kier alpha value is -4.55. The molecule has 0 saturated carbocycles.